The monoisotopic (exact) mass is 384 g/mol. The van der Waals surface area contributed by atoms with Crippen LogP contribution in [-0.2, 0) is 16.0 Å². The van der Waals surface area contributed by atoms with E-state index in [0.29, 0.717) is 12.8 Å². The van der Waals surface area contributed by atoms with E-state index in [4.69, 9.17) is 4.74 Å². The van der Waals surface area contributed by atoms with Gasteiger partial charge in [-0.05, 0) is 57.2 Å². The summed E-state index contributed by atoms with van der Waals surface area (Å²) in [5.41, 5.74) is 6.21. The normalized spacial score (nSPS) is 13.4. The van der Waals surface area contributed by atoms with Crippen molar-refractivity contribution in [1.29, 1.82) is 0 Å². The van der Waals surface area contributed by atoms with Gasteiger partial charge in [-0.15, -0.1) is 0 Å². The Balaban J connectivity index is 1.96. The Morgan fingerprint density at radius 2 is 1.50 bits per heavy atom. The van der Waals surface area contributed by atoms with Gasteiger partial charge in [0.25, 0.3) is 0 Å². The number of rotatable bonds is 7. The predicted molar refractivity (Wildman–Crippen MR) is 109 cm³/mol. The van der Waals surface area contributed by atoms with E-state index in [-0.39, 0.29) is 0 Å². The van der Waals surface area contributed by atoms with E-state index in [1.165, 1.54) is 6.92 Å². The van der Waals surface area contributed by atoms with Crippen LogP contribution in [-0.4, -0.2) is 28.3 Å². The summed E-state index contributed by atoms with van der Waals surface area (Å²) >= 11 is 0. The number of amides is 1. The molecule has 150 valence electrons. The smallest absolute Gasteiger partial charge is 0.422 e. The van der Waals surface area contributed by atoms with Crippen molar-refractivity contribution in [2.24, 2.45) is 0 Å². The third kappa shape index (κ3) is 6.39. The van der Waals surface area contributed by atoms with Crippen LogP contribution in [0.2, 0.25) is 0 Å². The van der Waals surface area contributed by atoms with Gasteiger partial charge in [-0.3, -0.25) is 10.2 Å². The molecular weight excluding hydrogens is 356 g/mol. The summed E-state index contributed by atoms with van der Waals surface area (Å²) < 4.78 is 5.13. The lowest BCUT2D eigenvalue weighted by atomic mass is 9.93. The standard InChI is InChI=1S/C22H28N2O4/c1-21(2,3)28-20(27)23-24-22(4,19(25)26)15-14-16-10-12-18(13-11-16)17-8-6-5-7-9-17/h5-13,24H,14-15H2,1-4H3,(H,23,27)(H,25,26). The quantitative estimate of drug-likeness (QED) is 0.624. The summed E-state index contributed by atoms with van der Waals surface area (Å²) in [5.74, 6) is -1.05. The Hall–Kier alpha value is -2.86. The largest absolute Gasteiger partial charge is 0.480 e. The number of aryl methyl sites for hydroxylation is 1. The Morgan fingerprint density at radius 3 is 2.04 bits per heavy atom. The first kappa shape index (κ1) is 21.4. The first-order valence-electron chi connectivity index (χ1n) is 9.23. The summed E-state index contributed by atoms with van der Waals surface area (Å²) in [6.07, 6.45) is 0.121. The maximum atomic E-state index is 11.8. The zero-order valence-corrected chi connectivity index (χ0v) is 16.8. The Kier molecular flexibility index (Phi) is 6.80. The van der Waals surface area contributed by atoms with E-state index < -0.39 is 23.2 Å². The molecular formula is C22H28N2O4. The average Bonchev–Trinajstić information content (AvgIpc) is 2.64. The van der Waals surface area contributed by atoms with Gasteiger partial charge in [0.1, 0.15) is 11.1 Å². The van der Waals surface area contributed by atoms with Crippen LogP contribution in [0.3, 0.4) is 0 Å². The van der Waals surface area contributed by atoms with Gasteiger partial charge in [0, 0.05) is 0 Å². The molecule has 2 aromatic carbocycles. The number of hydrogen-bond acceptors (Lipinski definition) is 4. The second-order valence-corrected chi connectivity index (χ2v) is 7.95. The number of carbonyl (C=O) groups excluding carboxylic acids is 1. The van der Waals surface area contributed by atoms with Gasteiger partial charge in [-0.1, -0.05) is 54.6 Å². The summed E-state index contributed by atoms with van der Waals surface area (Å²) in [7, 11) is 0. The molecule has 1 atom stereocenters. The summed E-state index contributed by atoms with van der Waals surface area (Å²) in [5, 5.41) is 9.59. The van der Waals surface area contributed by atoms with Crippen molar-refractivity contribution < 1.29 is 19.4 Å². The van der Waals surface area contributed by atoms with Gasteiger partial charge in [0.2, 0.25) is 0 Å². The van der Waals surface area contributed by atoms with Crippen LogP contribution < -0.4 is 10.9 Å². The van der Waals surface area contributed by atoms with Gasteiger partial charge in [-0.25, -0.2) is 10.2 Å². The lowest BCUT2D eigenvalue weighted by Crippen LogP contribution is -2.58. The van der Waals surface area contributed by atoms with E-state index in [1.54, 1.807) is 20.8 Å². The SMILES string of the molecule is CC(C)(C)OC(=O)NNC(C)(CCc1ccc(-c2ccccc2)cc1)C(=O)O. The van der Waals surface area contributed by atoms with Crippen LogP contribution >= 0.6 is 0 Å². The molecule has 28 heavy (non-hydrogen) atoms. The average molecular weight is 384 g/mol. The number of aliphatic carboxylic acids is 1. The Morgan fingerprint density at radius 1 is 0.929 bits per heavy atom. The number of ether oxygens (including phenoxy) is 1. The van der Waals surface area contributed by atoms with Gasteiger partial charge < -0.3 is 9.84 Å². The second-order valence-electron chi connectivity index (χ2n) is 7.95. The van der Waals surface area contributed by atoms with Crippen LogP contribution in [0.5, 0.6) is 0 Å². The third-order valence-electron chi connectivity index (χ3n) is 4.29. The lowest BCUT2D eigenvalue weighted by molar-refractivity contribution is -0.144. The van der Waals surface area contributed by atoms with Crippen molar-refractivity contribution >= 4 is 12.1 Å². The fraction of sp³-hybridized carbons (Fsp3) is 0.364. The molecule has 0 bridgehead atoms. The van der Waals surface area contributed by atoms with Crippen molar-refractivity contribution in [1.82, 2.24) is 10.9 Å². The fourth-order valence-corrected chi connectivity index (χ4v) is 2.60. The topological polar surface area (TPSA) is 87.7 Å². The second kappa shape index (κ2) is 8.89. The Labute approximate surface area is 165 Å². The molecule has 1 amide bonds. The minimum atomic E-state index is -1.32. The molecule has 3 N–H and O–H groups in total. The molecule has 0 aromatic heterocycles. The molecule has 6 nitrogen and oxygen atoms in total. The third-order valence-corrected chi connectivity index (χ3v) is 4.29. The zero-order chi connectivity index (χ0) is 20.8. The molecule has 0 aliphatic carbocycles. The first-order valence-corrected chi connectivity index (χ1v) is 9.23. The van der Waals surface area contributed by atoms with E-state index in [2.05, 4.69) is 10.9 Å². The minimum Gasteiger partial charge on any atom is -0.480 e. The van der Waals surface area contributed by atoms with Crippen molar-refractivity contribution in [3.63, 3.8) is 0 Å². The maximum absolute atomic E-state index is 11.8. The van der Waals surface area contributed by atoms with Gasteiger partial charge in [0.05, 0.1) is 0 Å². The maximum Gasteiger partial charge on any atom is 0.422 e. The molecule has 0 aliphatic heterocycles. The number of carboxylic acid groups (broad SMARTS) is 1. The van der Waals surface area contributed by atoms with Gasteiger partial charge in [-0.2, -0.15) is 0 Å². The van der Waals surface area contributed by atoms with Crippen LogP contribution in [0.4, 0.5) is 4.79 Å². The predicted octanol–water partition coefficient (Wildman–Crippen LogP) is 4.16. The van der Waals surface area contributed by atoms with Crippen molar-refractivity contribution in [3.05, 3.63) is 60.2 Å². The number of nitrogens with one attached hydrogen (secondary N) is 2. The van der Waals surface area contributed by atoms with Crippen molar-refractivity contribution in [2.45, 2.75) is 51.7 Å². The van der Waals surface area contributed by atoms with Crippen molar-refractivity contribution in [2.75, 3.05) is 0 Å². The molecule has 2 rings (SSSR count). The van der Waals surface area contributed by atoms with E-state index in [1.807, 2.05) is 54.6 Å². The van der Waals surface area contributed by atoms with Crippen LogP contribution in [0.1, 0.15) is 39.7 Å². The highest BCUT2D eigenvalue weighted by Gasteiger charge is 2.33. The molecule has 0 spiro atoms. The minimum absolute atomic E-state index is 0.294. The molecule has 0 heterocycles. The lowest BCUT2D eigenvalue weighted by Gasteiger charge is -2.27. The molecule has 1 unspecified atom stereocenters. The molecule has 0 saturated carbocycles. The highest BCUT2D eigenvalue weighted by molar-refractivity contribution is 5.79. The van der Waals surface area contributed by atoms with Gasteiger partial charge >= 0.3 is 12.1 Å². The number of carbonyl (C=O) groups is 2. The van der Waals surface area contributed by atoms with Crippen LogP contribution in [0.15, 0.2) is 54.6 Å². The first-order chi connectivity index (χ1) is 13.1. The summed E-state index contributed by atoms with van der Waals surface area (Å²) in [4.78, 5) is 23.5. The molecule has 6 heteroatoms. The van der Waals surface area contributed by atoms with E-state index in [0.717, 1.165) is 16.7 Å². The van der Waals surface area contributed by atoms with Crippen LogP contribution in [0, 0.1) is 0 Å². The summed E-state index contributed by atoms with van der Waals surface area (Å²) in [6, 6.07) is 18.1. The molecule has 0 aliphatic rings. The zero-order valence-electron chi connectivity index (χ0n) is 16.8. The van der Waals surface area contributed by atoms with E-state index in [9.17, 15) is 14.7 Å². The van der Waals surface area contributed by atoms with E-state index >= 15 is 0 Å². The molecule has 2 aromatic rings. The fourth-order valence-electron chi connectivity index (χ4n) is 2.60. The highest BCUT2D eigenvalue weighted by Crippen LogP contribution is 2.21. The Bertz CT molecular complexity index is 798. The number of hydrogen-bond donors (Lipinski definition) is 3. The molecule has 0 radical (unpaired) electrons. The summed E-state index contributed by atoms with van der Waals surface area (Å²) in [6.45, 7) is 6.75. The highest BCUT2D eigenvalue weighted by atomic mass is 16.6. The molecule has 0 fully saturated rings. The van der Waals surface area contributed by atoms with Crippen LogP contribution in [0.25, 0.3) is 11.1 Å². The van der Waals surface area contributed by atoms with Gasteiger partial charge in [0.15, 0.2) is 0 Å². The van der Waals surface area contributed by atoms with Crippen molar-refractivity contribution in [3.8, 4) is 11.1 Å². The number of hydrazine groups is 1. The number of carboxylic acids is 1. The number of benzene rings is 2. The molecule has 0 saturated heterocycles.